The molecule has 0 atom stereocenters. The van der Waals surface area contributed by atoms with E-state index in [0.717, 1.165) is 31.0 Å². The second-order valence-corrected chi connectivity index (χ2v) is 7.00. The first-order chi connectivity index (χ1) is 14.1. The number of nitrogens with zero attached hydrogens (tertiary/aromatic N) is 5. The van der Waals surface area contributed by atoms with Crippen molar-refractivity contribution in [2.75, 3.05) is 26.2 Å². The summed E-state index contributed by atoms with van der Waals surface area (Å²) in [4.78, 5) is 27.2. The average molecular weight is 395 g/mol. The summed E-state index contributed by atoms with van der Waals surface area (Å²) < 4.78 is 6.89. The maximum atomic E-state index is 12.8. The van der Waals surface area contributed by atoms with Crippen molar-refractivity contribution in [2.45, 2.75) is 13.1 Å². The van der Waals surface area contributed by atoms with Gasteiger partial charge in [-0.05, 0) is 29.8 Å². The highest BCUT2D eigenvalue weighted by Gasteiger charge is 2.22. The third-order valence-corrected chi connectivity index (χ3v) is 4.99. The lowest BCUT2D eigenvalue weighted by Gasteiger charge is -2.34. The first kappa shape index (κ1) is 18.9. The van der Waals surface area contributed by atoms with Crippen molar-refractivity contribution >= 4 is 11.6 Å². The van der Waals surface area contributed by atoms with Crippen LogP contribution in [-0.4, -0.2) is 56.6 Å². The van der Waals surface area contributed by atoms with E-state index in [1.807, 2.05) is 29.2 Å². The predicted molar refractivity (Wildman–Crippen MR) is 104 cm³/mol. The molecule has 4 rings (SSSR count). The molecule has 0 radical (unpaired) electrons. The number of amides is 1. The minimum Gasteiger partial charge on any atom is -0.468 e. The minimum atomic E-state index is -0.473. The van der Waals surface area contributed by atoms with Crippen LogP contribution in [0, 0.1) is 10.1 Å². The molecule has 1 aromatic carbocycles. The van der Waals surface area contributed by atoms with Crippen LogP contribution in [0.3, 0.4) is 0 Å². The molecule has 9 heteroatoms. The third kappa shape index (κ3) is 4.52. The maximum absolute atomic E-state index is 12.8. The Hall–Kier alpha value is -3.46. The lowest BCUT2D eigenvalue weighted by atomic mass is 10.1. The summed E-state index contributed by atoms with van der Waals surface area (Å²) in [6.07, 6.45) is 4.29. The minimum absolute atomic E-state index is 0.0175. The zero-order valence-electron chi connectivity index (χ0n) is 15.8. The molecule has 0 N–H and O–H groups in total. The predicted octanol–water partition coefficient (Wildman–Crippen LogP) is 2.39. The van der Waals surface area contributed by atoms with Crippen molar-refractivity contribution < 1.29 is 14.1 Å². The highest BCUT2D eigenvalue weighted by molar-refractivity contribution is 5.94. The lowest BCUT2D eigenvalue weighted by Crippen LogP contribution is -2.48. The Morgan fingerprint density at radius 1 is 1.10 bits per heavy atom. The summed E-state index contributed by atoms with van der Waals surface area (Å²) in [5.41, 5.74) is 1.52. The number of piperazine rings is 1. The molecule has 1 aliphatic rings. The summed E-state index contributed by atoms with van der Waals surface area (Å²) in [6, 6.07) is 11.1. The highest BCUT2D eigenvalue weighted by atomic mass is 16.6. The van der Waals surface area contributed by atoms with E-state index in [1.54, 1.807) is 18.4 Å². The van der Waals surface area contributed by atoms with Crippen LogP contribution in [0.4, 0.5) is 5.69 Å². The van der Waals surface area contributed by atoms with Gasteiger partial charge in [-0.3, -0.25) is 24.5 Å². The van der Waals surface area contributed by atoms with E-state index in [4.69, 9.17) is 4.42 Å². The Morgan fingerprint density at radius 3 is 2.48 bits per heavy atom. The van der Waals surface area contributed by atoms with E-state index in [-0.39, 0.29) is 11.6 Å². The van der Waals surface area contributed by atoms with Crippen molar-refractivity contribution in [1.82, 2.24) is 19.6 Å². The van der Waals surface area contributed by atoms with Crippen LogP contribution >= 0.6 is 0 Å². The van der Waals surface area contributed by atoms with Gasteiger partial charge in [0.15, 0.2) is 0 Å². The van der Waals surface area contributed by atoms with E-state index < -0.39 is 4.92 Å². The quantitative estimate of drug-likeness (QED) is 0.470. The highest BCUT2D eigenvalue weighted by Crippen LogP contribution is 2.14. The SMILES string of the molecule is O=C(c1ccc(Cn2cc([N+](=O)[O-])cn2)cc1)N1CCN(Cc2ccco2)CC1. The first-order valence-corrected chi connectivity index (χ1v) is 9.38. The van der Waals surface area contributed by atoms with E-state index in [1.165, 1.54) is 17.1 Å². The van der Waals surface area contributed by atoms with Crippen LogP contribution < -0.4 is 0 Å². The van der Waals surface area contributed by atoms with Crippen LogP contribution in [0.5, 0.6) is 0 Å². The Bertz CT molecular complexity index is 973. The number of rotatable bonds is 6. The molecule has 29 heavy (non-hydrogen) atoms. The summed E-state index contributed by atoms with van der Waals surface area (Å²) in [5.74, 6) is 0.951. The van der Waals surface area contributed by atoms with Gasteiger partial charge in [-0.25, -0.2) is 0 Å². The monoisotopic (exact) mass is 395 g/mol. The van der Waals surface area contributed by atoms with E-state index in [9.17, 15) is 14.9 Å². The lowest BCUT2D eigenvalue weighted by molar-refractivity contribution is -0.385. The van der Waals surface area contributed by atoms with Crippen molar-refractivity contribution in [3.63, 3.8) is 0 Å². The van der Waals surface area contributed by atoms with Crippen molar-refractivity contribution in [3.8, 4) is 0 Å². The van der Waals surface area contributed by atoms with Crippen molar-refractivity contribution in [2.24, 2.45) is 0 Å². The molecule has 150 valence electrons. The molecule has 0 bridgehead atoms. The van der Waals surface area contributed by atoms with Gasteiger partial charge >= 0.3 is 5.69 Å². The zero-order valence-corrected chi connectivity index (χ0v) is 15.8. The number of carbonyl (C=O) groups is 1. The van der Waals surface area contributed by atoms with Crippen LogP contribution in [0.25, 0.3) is 0 Å². The molecular weight excluding hydrogens is 374 g/mol. The number of aromatic nitrogens is 2. The van der Waals surface area contributed by atoms with Crippen LogP contribution in [-0.2, 0) is 13.1 Å². The molecular formula is C20H21N5O4. The Labute approximate surface area is 167 Å². The molecule has 0 aliphatic carbocycles. The Morgan fingerprint density at radius 2 is 1.86 bits per heavy atom. The van der Waals surface area contributed by atoms with E-state index in [0.29, 0.717) is 25.2 Å². The molecule has 1 fully saturated rings. The van der Waals surface area contributed by atoms with Gasteiger partial charge in [0.1, 0.15) is 18.2 Å². The fraction of sp³-hybridized carbons (Fsp3) is 0.300. The molecule has 3 heterocycles. The summed E-state index contributed by atoms with van der Waals surface area (Å²) in [6.45, 7) is 4.14. The fourth-order valence-corrected chi connectivity index (χ4v) is 3.39. The molecule has 1 amide bonds. The smallest absolute Gasteiger partial charge is 0.307 e. The first-order valence-electron chi connectivity index (χ1n) is 9.38. The second-order valence-electron chi connectivity index (χ2n) is 7.00. The van der Waals surface area contributed by atoms with Crippen molar-refractivity contribution in [3.05, 3.63) is 82.1 Å². The molecule has 9 nitrogen and oxygen atoms in total. The standard InChI is InChI=1S/C20H21N5O4/c26-20(23-9-7-22(8-10-23)15-19-2-1-11-29-19)17-5-3-16(4-6-17)13-24-14-18(12-21-24)25(27)28/h1-6,11-12,14H,7-10,13,15H2. The van der Waals surface area contributed by atoms with Crippen molar-refractivity contribution in [1.29, 1.82) is 0 Å². The summed E-state index contributed by atoms with van der Waals surface area (Å²) >= 11 is 0. The zero-order chi connectivity index (χ0) is 20.2. The molecule has 1 saturated heterocycles. The van der Waals surface area contributed by atoms with Gasteiger partial charge in [0.2, 0.25) is 0 Å². The van der Waals surface area contributed by atoms with Gasteiger partial charge in [-0.15, -0.1) is 0 Å². The Kier molecular flexibility index (Phi) is 5.39. The molecule has 2 aromatic heterocycles. The van der Waals surface area contributed by atoms with Gasteiger partial charge in [-0.1, -0.05) is 12.1 Å². The van der Waals surface area contributed by atoms with Gasteiger partial charge < -0.3 is 9.32 Å². The molecule has 0 saturated carbocycles. The second kappa shape index (κ2) is 8.27. The van der Waals surface area contributed by atoms with Crippen LogP contribution in [0.1, 0.15) is 21.7 Å². The van der Waals surface area contributed by atoms with Crippen LogP contribution in [0.2, 0.25) is 0 Å². The number of hydrogen-bond donors (Lipinski definition) is 0. The van der Waals surface area contributed by atoms with Crippen LogP contribution in [0.15, 0.2) is 59.5 Å². The number of hydrogen-bond acceptors (Lipinski definition) is 6. The number of nitro groups is 1. The normalized spacial score (nSPS) is 14.8. The van der Waals surface area contributed by atoms with E-state index in [2.05, 4.69) is 10.00 Å². The van der Waals surface area contributed by atoms with E-state index >= 15 is 0 Å². The average Bonchev–Trinajstić information content (AvgIpc) is 3.41. The van der Waals surface area contributed by atoms with Gasteiger partial charge in [0.05, 0.1) is 24.3 Å². The molecule has 0 spiro atoms. The number of benzene rings is 1. The third-order valence-electron chi connectivity index (χ3n) is 4.99. The Balaban J connectivity index is 1.31. The maximum Gasteiger partial charge on any atom is 0.307 e. The fourth-order valence-electron chi connectivity index (χ4n) is 3.39. The molecule has 1 aliphatic heterocycles. The van der Waals surface area contributed by atoms with Gasteiger partial charge in [0, 0.05) is 31.7 Å². The summed E-state index contributed by atoms with van der Waals surface area (Å²) in [5, 5.41) is 14.7. The topological polar surface area (TPSA) is 97.6 Å². The van der Waals surface area contributed by atoms with Gasteiger partial charge in [0.25, 0.3) is 5.91 Å². The molecule has 0 unspecified atom stereocenters. The van der Waals surface area contributed by atoms with Gasteiger partial charge in [-0.2, -0.15) is 5.10 Å². The summed E-state index contributed by atoms with van der Waals surface area (Å²) in [7, 11) is 0. The number of carbonyl (C=O) groups excluding carboxylic acids is 1. The molecule has 3 aromatic rings. The largest absolute Gasteiger partial charge is 0.468 e. The number of furan rings is 1.